The van der Waals surface area contributed by atoms with Crippen LogP contribution in [0, 0.1) is 11.6 Å². The lowest BCUT2D eigenvalue weighted by molar-refractivity contribution is 0.0411. The van der Waals surface area contributed by atoms with Crippen LogP contribution in [0.2, 0.25) is 0 Å². The number of carbonyl (C=O) groups is 1. The van der Waals surface area contributed by atoms with Gasteiger partial charge in [-0.15, -0.1) is 11.3 Å². The van der Waals surface area contributed by atoms with E-state index in [0.717, 1.165) is 39.5 Å². The van der Waals surface area contributed by atoms with Crippen LogP contribution in [0.5, 0.6) is 0 Å². The number of fused-ring (bicyclic) bond motifs is 1. The van der Waals surface area contributed by atoms with E-state index in [-0.39, 0.29) is 13.0 Å². The molecule has 1 aromatic carbocycles. The number of carbonyl (C=O) groups excluding carboxylic acids is 1. The smallest absolute Gasteiger partial charge is 0.407 e. The Kier molecular flexibility index (Phi) is 8.37. The number of hydrogen-bond donors (Lipinski definition) is 4. The van der Waals surface area contributed by atoms with E-state index in [4.69, 9.17) is 4.74 Å². The van der Waals surface area contributed by atoms with Gasteiger partial charge in [-0.05, 0) is 91.7 Å². The topological polar surface area (TPSA) is 99.3 Å². The number of halogens is 3. The summed E-state index contributed by atoms with van der Waals surface area (Å²) in [5.41, 5.74) is 1.33. The van der Waals surface area contributed by atoms with Crippen molar-refractivity contribution in [3.63, 3.8) is 0 Å². The van der Waals surface area contributed by atoms with Gasteiger partial charge in [-0.3, -0.25) is 5.10 Å². The van der Waals surface area contributed by atoms with Crippen molar-refractivity contribution in [2.24, 2.45) is 0 Å². The molecule has 37 heavy (non-hydrogen) atoms. The second kappa shape index (κ2) is 11.2. The molecule has 0 aliphatic heterocycles. The third-order valence-corrected chi connectivity index (χ3v) is 8.23. The summed E-state index contributed by atoms with van der Waals surface area (Å²) in [6, 6.07) is 4.39. The molecule has 0 bridgehead atoms. The normalized spacial score (nSPS) is 19.2. The van der Waals surface area contributed by atoms with Crippen molar-refractivity contribution in [2.45, 2.75) is 69.7 Å². The summed E-state index contributed by atoms with van der Waals surface area (Å²) < 4.78 is 34.1. The summed E-state index contributed by atoms with van der Waals surface area (Å²) in [6.45, 7) is 5.33. The summed E-state index contributed by atoms with van der Waals surface area (Å²) >= 11 is 5.16. The summed E-state index contributed by atoms with van der Waals surface area (Å²) in [7, 11) is 0. The Morgan fingerprint density at radius 1 is 1.30 bits per heavy atom. The third kappa shape index (κ3) is 7.16. The molecule has 0 fully saturated rings. The maximum Gasteiger partial charge on any atom is 0.407 e. The van der Waals surface area contributed by atoms with Crippen LogP contribution < -0.4 is 10.6 Å². The Hall–Kier alpha value is -2.34. The summed E-state index contributed by atoms with van der Waals surface area (Å²) in [5, 5.41) is 26.8. The molecule has 4 rings (SSSR count). The number of nitrogens with one attached hydrogen (secondary N) is 3. The highest BCUT2D eigenvalue weighted by atomic mass is 79.9. The van der Waals surface area contributed by atoms with Crippen molar-refractivity contribution in [1.29, 1.82) is 0 Å². The number of ether oxygens (including phenoxy) is 1. The van der Waals surface area contributed by atoms with Crippen LogP contribution in [0.15, 0.2) is 40.3 Å². The first kappa shape index (κ1) is 27.7. The lowest BCUT2D eigenvalue weighted by Gasteiger charge is -2.39. The van der Waals surface area contributed by atoms with Gasteiger partial charge >= 0.3 is 6.09 Å². The van der Waals surface area contributed by atoms with E-state index in [1.807, 2.05) is 11.6 Å². The summed E-state index contributed by atoms with van der Waals surface area (Å²) in [6.07, 6.45) is 2.29. The lowest BCUT2D eigenvalue weighted by Crippen LogP contribution is -2.54. The van der Waals surface area contributed by atoms with Gasteiger partial charge in [0.1, 0.15) is 17.2 Å². The SMILES string of the molecule is CC(C)(C)OC(=O)N[C@@H](Cc1cc(F)cc(F)c1)[C@H](O)CNC1(c2cc(Br)cs2)CCc2[nH]ncc2C1. The van der Waals surface area contributed by atoms with Crippen molar-refractivity contribution in [3.8, 4) is 0 Å². The van der Waals surface area contributed by atoms with E-state index in [9.17, 15) is 18.7 Å². The fourth-order valence-electron chi connectivity index (χ4n) is 4.64. The Bertz CT molecular complexity index is 1220. The lowest BCUT2D eigenvalue weighted by atomic mass is 9.79. The highest BCUT2D eigenvalue weighted by molar-refractivity contribution is 9.10. The van der Waals surface area contributed by atoms with E-state index in [2.05, 4.69) is 42.8 Å². The first-order chi connectivity index (χ1) is 17.4. The van der Waals surface area contributed by atoms with Gasteiger partial charge in [0.15, 0.2) is 0 Å². The molecular formula is C26H31BrF2N4O3S. The molecule has 1 aliphatic rings. The number of benzene rings is 1. The van der Waals surface area contributed by atoms with Gasteiger partial charge in [-0.1, -0.05) is 0 Å². The predicted octanol–water partition coefficient (Wildman–Crippen LogP) is 4.98. The number of nitrogens with zero attached hydrogens (tertiary/aromatic N) is 1. The zero-order valence-corrected chi connectivity index (χ0v) is 23.3. The van der Waals surface area contributed by atoms with Gasteiger partial charge < -0.3 is 20.5 Å². The molecule has 0 saturated heterocycles. The number of amides is 1. The first-order valence-corrected chi connectivity index (χ1v) is 13.7. The Labute approximate surface area is 227 Å². The number of rotatable bonds is 8. The molecule has 11 heteroatoms. The molecule has 1 unspecified atom stereocenters. The van der Waals surface area contributed by atoms with E-state index >= 15 is 0 Å². The Balaban J connectivity index is 1.55. The second-order valence-corrected chi connectivity index (χ2v) is 12.3. The van der Waals surface area contributed by atoms with Gasteiger partial charge in [0.05, 0.1) is 23.9 Å². The van der Waals surface area contributed by atoms with Crippen LogP contribution >= 0.6 is 27.3 Å². The average molecular weight is 598 g/mol. The van der Waals surface area contributed by atoms with Crippen LogP contribution in [-0.4, -0.2) is 45.7 Å². The van der Waals surface area contributed by atoms with Crippen molar-refractivity contribution in [1.82, 2.24) is 20.8 Å². The fraction of sp³-hybridized carbons (Fsp3) is 0.462. The Morgan fingerprint density at radius 2 is 2.03 bits per heavy atom. The monoisotopic (exact) mass is 596 g/mol. The van der Waals surface area contributed by atoms with E-state index in [0.29, 0.717) is 12.0 Å². The standard InChI is InChI=1S/C26H31BrF2N4O3S/c1-25(2,3)36-24(35)32-21(8-15-6-18(28)10-19(29)7-15)22(34)13-30-26(23-9-17(27)14-37-23)5-4-20-16(11-26)12-31-33-20/h6-7,9-10,12,14,21-22,30,34H,4-5,8,11,13H2,1-3H3,(H,31,33)(H,32,35)/t21-,22+,26?/m0/s1. The van der Waals surface area contributed by atoms with E-state index in [1.54, 1.807) is 32.1 Å². The Morgan fingerprint density at radius 3 is 2.68 bits per heavy atom. The van der Waals surface area contributed by atoms with Gasteiger partial charge in [-0.25, -0.2) is 13.6 Å². The quantitative estimate of drug-likeness (QED) is 0.294. The number of aromatic amines is 1. The predicted molar refractivity (Wildman–Crippen MR) is 142 cm³/mol. The minimum atomic E-state index is -1.08. The van der Waals surface area contributed by atoms with E-state index in [1.165, 1.54) is 12.1 Å². The van der Waals surface area contributed by atoms with Crippen LogP contribution in [0.1, 0.15) is 48.9 Å². The van der Waals surface area contributed by atoms with Crippen LogP contribution in [0.3, 0.4) is 0 Å². The molecule has 3 aromatic rings. The van der Waals surface area contributed by atoms with Gasteiger partial charge in [0, 0.05) is 33.0 Å². The maximum absolute atomic E-state index is 13.9. The number of aryl methyl sites for hydroxylation is 1. The van der Waals surface area contributed by atoms with Crippen molar-refractivity contribution >= 4 is 33.4 Å². The van der Waals surface area contributed by atoms with Gasteiger partial charge in [0.2, 0.25) is 0 Å². The molecule has 4 N–H and O–H groups in total. The molecule has 1 aliphatic carbocycles. The molecule has 7 nitrogen and oxygen atoms in total. The second-order valence-electron chi connectivity index (χ2n) is 10.4. The zero-order valence-electron chi connectivity index (χ0n) is 20.9. The number of aliphatic hydroxyl groups is 1. The minimum Gasteiger partial charge on any atom is -0.444 e. The maximum atomic E-state index is 13.9. The van der Waals surface area contributed by atoms with Crippen LogP contribution in [0.25, 0.3) is 0 Å². The van der Waals surface area contributed by atoms with Crippen LogP contribution in [-0.2, 0) is 29.5 Å². The number of hydrogen-bond acceptors (Lipinski definition) is 6. The average Bonchev–Trinajstić information content (AvgIpc) is 3.43. The van der Waals surface area contributed by atoms with Gasteiger partial charge in [0.25, 0.3) is 0 Å². The molecule has 1 amide bonds. The molecule has 0 radical (unpaired) electrons. The minimum absolute atomic E-state index is 0.0141. The third-order valence-electron chi connectivity index (χ3n) is 6.33. The molecule has 2 heterocycles. The number of aliphatic hydroxyl groups excluding tert-OH is 1. The number of alkyl carbamates (subject to hydrolysis) is 1. The highest BCUT2D eigenvalue weighted by Gasteiger charge is 2.39. The zero-order chi connectivity index (χ0) is 26.8. The summed E-state index contributed by atoms with van der Waals surface area (Å²) in [5.74, 6) is -1.45. The molecule has 0 saturated carbocycles. The molecule has 200 valence electrons. The number of H-pyrrole nitrogens is 1. The van der Waals surface area contributed by atoms with Crippen molar-refractivity contribution in [3.05, 3.63) is 73.6 Å². The highest BCUT2D eigenvalue weighted by Crippen LogP contribution is 2.40. The van der Waals surface area contributed by atoms with Crippen LogP contribution in [0.4, 0.5) is 13.6 Å². The number of thiophene rings is 1. The van der Waals surface area contributed by atoms with Gasteiger partial charge in [-0.2, -0.15) is 5.10 Å². The molecular weight excluding hydrogens is 566 g/mol. The molecule has 2 aromatic heterocycles. The number of aromatic nitrogens is 2. The largest absolute Gasteiger partial charge is 0.444 e. The van der Waals surface area contributed by atoms with E-state index < -0.39 is 41.0 Å². The molecule has 3 atom stereocenters. The van der Waals surface area contributed by atoms with Crippen molar-refractivity contribution in [2.75, 3.05) is 6.54 Å². The fourth-order valence-corrected chi connectivity index (χ4v) is 6.27. The molecule has 0 spiro atoms. The van der Waals surface area contributed by atoms with Crippen molar-refractivity contribution < 1.29 is 23.4 Å². The summed E-state index contributed by atoms with van der Waals surface area (Å²) in [4.78, 5) is 13.7. The first-order valence-electron chi connectivity index (χ1n) is 12.1.